The molecule has 4 heteroatoms. The number of aryl methyl sites for hydroxylation is 1. The minimum Gasteiger partial charge on any atom is -0.256 e. The molecule has 13 aromatic rings. The molecule has 0 fully saturated rings. The normalized spacial score (nSPS) is 11.6. The zero-order chi connectivity index (χ0) is 60.5. The minimum absolute atomic E-state index is 0.0249. The molecule has 3 aromatic heterocycles. The number of benzene rings is 10. The van der Waals surface area contributed by atoms with E-state index in [-0.39, 0.29) is 16.6 Å². The molecule has 426 valence electrons. The summed E-state index contributed by atoms with van der Waals surface area (Å²) < 4.78 is 13.9. The van der Waals surface area contributed by atoms with E-state index in [9.17, 15) is 4.39 Å². The first-order chi connectivity index (χ1) is 42.7. The molecule has 0 amide bonds. The molecular formula is C84H68FN3. The van der Waals surface area contributed by atoms with Gasteiger partial charge in [0.25, 0.3) is 0 Å². The van der Waals surface area contributed by atoms with E-state index in [1.807, 2.05) is 18.6 Å². The van der Waals surface area contributed by atoms with Gasteiger partial charge in [-0.25, -0.2) is 4.39 Å². The molecule has 3 nitrogen and oxygen atoms in total. The Hall–Kier alpha value is -10.4. The Morgan fingerprint density at radius 2 is 0.580 bits per heavy atom. The highest BCUT2D eigenvalue weighted by molar-refractivity contribution is 5.99. The van der Waals surface area contributed by atoms with Crippen LogP contribution in [-0.4, -0.2) is 15.0 Å². The van der Waals surface area contributed by atoms with E-state index in [0.717, 1.165) is 139 Å². The lowest BCUT2D eigenvalue weighted by Crippen LogP contribution is -2.11. The second kappa shape index (κ2) is 23.8. The Balaban J connectivity index is 0.983. The van der Waals surface area contributed by atoms with E-state index in [4.69, 9.17) is 15.0 Å². The Bertz CT molecular complexity index is 4480. The van der Waals surface area contributed by atoms with Crippen LogP contribution in [0.5, 0.6) is 0 Å². The van der Waals surface area contributed by atoms with Crippen LogP contribution in [-0.2, 0) is 10.8 Å². The number of hydrogen-bond donors (Lipinski definition) is 0. The highest BCUT2D eigenvalue weighted by Gasteiger charge is 2.22. The molecule has 0 radical (unpaired) electrons. The van der Waals surface area contributed by atoms with Gasteiger partial charge in [0.15, 0.2) is 0 Å². The second-order valence-electron chi connectivity index (χ2n) is 25.0. The number of pyridine rings is 3. The van der Waals surface area contributed by atoms with Gasteiger partial charge in [-0.3, -0.25) is 15.0 Å². The van der Waals surface area contributed by atoms with Crippen LogP contribution in [0.2, 0.25) is 0 Å². The summed E-state index contributed by atoms with van der Waals surface area (Å²) in [5, 5.41) is 0. The van der Waals surface area contributed by atoms with Crippen molar-refractivity contribution in [2.75, 3.05) is 0 Å². The maximum Gasteiger partial charge on any atom is 0.123 e. The Labute approximate surface area is 517 Å². The van der Waals surface area contributed by atoms with Gasteiger partial charge in [0.2, 0.25) is 0 Å². The molecule has 88 heavy (non-hydrogen) atoms. The van der Waals surface area contributed by atoms with Gasteiger partial charge in [0.05, 0.1) is 17.1 Å². The number of halogens is 1. The summed E-state index contributed by atoms with van der Waals surface area (Å²) in [5.74, 6) is -0.255. The molecule has 0 spiro atoms. The van der Waals surface area contributed by atoms with Gasteiger partial charge in [-0.15, -0.1) is 0 Å². The van der Waals surface area contributed by atoms with Gasteiger partial charge < -0.3 is 0 Å². The first-order valence-corrected chi connectivity index (χ1v) is 30.3. The van der Waals surface area contributed by atoms with Crippen LogP contribution in [0.1, 0.15) is 58.2 Å². The summed E-state index contributed by atoms with van der Waals surface area (Å²) in [5.41, 5.74) is 29.3. The van der Waals surface area contributed by atoms with Crippen LogP contribution in [0.15, 0.2) is 286 Å². The molecule has 0 unspecified atom stereocenters. The summed E-state index contributed by atoms with van der Waals surface area (Å²) in [6.07, 6.45) is 5.78. The van der Waals surface area contributed by atoms with Gasteiger partial charge in [-0.2, -0.15) is 0 Å². The quantitative estimate of drug-likeness (QED) is 0.122. The fraction of sp³-hybridized carbons (Fsp3) is 0.107. The maximum absolute atomic E-state index is 13.9. The Kier molecular flexibility index (Phi) is 15.3. The smallest absolute Gasteiger partial charge is 0.123 e. The van der Waals surface area contributed by atoms with E-state index in [1.165, 1.54) is 23.3 Å². The van der Waals surface area contributed by atoms with E-state index < -0.39 is 0 Å². The fourth-order valence-corrected chi connectivity index (χ4v) is 12.2. The first kappa shape index (κ1) is 56.7. The van der Waals surface area contributed by atoms with Crippen molar-refractivity contribution < 1.29 is 4.39 Å². The summed E-state index contributed by atoms with van der Waals surface area (Å²) >= 11 is 0. The lowest BCUT2D eigenvalue weighted by atomic mass is 9.83. The predicted molar refractivity (Wildman–Crippen MR) is 367 cm³/mol. The first-order valence-electron chi connectivity index (χ1n) is 30.3. The standard InChI is InChI=1S/C84H68FN3/c1-55-46-80(88-54-79(55)59-34-38-68(85)39-35-59)60-32-30-58(31-33-60)69-24-14-15-25-70(69)63-47-64(71-26-16-18-28-73(71)75-40-36-61(50-77(75)56-20-10-8-11-21-56)81-52-66(42-44-86-81)83(2,3)4)49-65(48-63)72-27-17-19-29-74(72)76-41-37-62(51-78(76)57-22-12-9-13-23-57)82-53-67(43-45-87-82)84(5,6)7/h8-54H,1-7H3. The number of hydrogen-bond acceptors (Lipinski definition) is 3. The zero-order valence-corrected chi connectivity index (χ0v) is 50.9. The molecular weight excluding hydrogens is 1070 g/mol. The fourth-order valence-electron chi connectivity index (χ4n) is 12.2. The Morgan fingerprint density at radius 1 is 0.250 bits per heavy atom. The molecule has 0 N–H and O–H groups in total. The lowest BCUT2D eigenvalue weighted by molar-refractivity contribution is 0.589. The molecule has 0 saturated carbocycles. The molecule has 3 heterocycles. The van der Waals surface area contributed by atoms with Crippen molar-refractivity contribution in [3.8, 4) is 134 Å². The molecule has 10 aromatic carbocycles. The second-order valence-corrected chi connectivity index (χ2v) is 25.0. The molecule has 0 atom stereocenters. The summed E-state index contributed by atoms with van der Waals surface area (Å²) in [6.45, 7) is 15.6. The lowest BCUT2D eigenvalue weighted by Gasteiger charge is -2.21. The predicted octanol–water partition coefficient (Wildman–Crippen LogP) is 22.9. The van der Waals surface area contributed by atoms with Crippen molar-refractivity contribution in [1.29, 1.82) is 0 Å². The van der Waals surface area contributed by atoms with Crippen LogP contribution in [0.3, 0.4) is 0 Å². The van der Waals surface area contributed by atoms with E-state index in [2.05, 4.69) is 291 Å². The van der Waals surface area contributed by atoms with E-state index in [0.29, 0.717) is 0 Å². The van der Waals surface area contributed by atoms with Crippen molar-refractivity contribution in [2.45, 2.75) is 59.3 Å². The van der Waals surface area contributed by atoms with Crippen LogP contribution in [0, 0.1) is 12.7 Å². The minimum atomic E-state index is -0.255. The van der Waals surface area contributed by atoms with Gasteiger partial charge in [-0.05, 0) is 202 Å². The third-order valence-corrected chi connectivity index (χ3v) is 17.0. The molecule has 13 rings (SSSR count). The van der Waals surface area contributed by atoms with Crippen LogP contribution in [0.25, 0.3) is 134 Å². The van der Waals surface area contributed by atoms with Gasteiger partial charge in [-0.1, -0.05) is 236 Å². The summed E-state index contributed by atoms with van der Waals surface area (Å²) in [6, 6.07) is 95.1. The van der Waals surface area contributed by atoms with Crippen molar-refractivity contribution >= 4 is 0 Å². The third kappa shape index (κ3) is 11.7. The molecule has 0 aliphatic rings. The average Bonchev–Trinajstić information content (AvgIpc) is 1.47. The van der Waals surface area contributed by atoms with Crippen LogP contribution >= 0.6 is 0 Å². The Morgan fingerprint density at radius 3 is 1.01 bits per heavy atom. The van der Waals surface area contributed by atoms with Gasteiger partial charge >= 0.3 is 0 Å². The van der Waals surface area contributed by atoms with Crippen molar-refractivity contribution in [3.63, 3.8) is 0 Å². The highest BCUT2D eigenvalue weighted by Crippen LogP contribution is 2.47. The maximum atomic E-state index is 13.9. The SMILES string of the molecule is Cc1cc(-c2ccc(-c3ccccc3-c3cc(-c4ccccc4-c4ccc(-c5cc(C(C)(C)C)ccn5)cc4-c4ccccc4)cc(-c4ccccc4-c4ccc(-c5cc(C(C)(C)C)ccn5)cc4-c4ccccc4)c3)cc2)ncc1-c1ccc(F)cc1. The molecule has 0 saturated heterocycles. The van der Waals surface area contributed by atoms with Crippen molar-refractivity contribution in [3.05, 3.63) is 308 Å². The largest absolute Gasteiger partial charge is 0.256 e. The highest BCUT2D eigenvalue weighted by atomic mass is 19.1. The number of nitrogens with zero attached hydrogens (tertiary/aromatic N) is 3. The summed E-state index contributed by atoms with van der Waals surface area (Å²) in [7, 11) is 0. The van der Waals surface area contributed by atoms with E-state index >= 15 is 0 Å². The zero-order valence-electron chi connectivity index (χ0n) is 50.9. The van der Waals surface area contributed by atoms with Crippen molar-refractivity contribution in [1.82, 2.24) is 15.0 Å². The van der Waals surface area contributed by atoms with Gasteiger partial charge in [0.1, 0.15) is 5.82 Å². The number of aromatic nitrogens is 3. The molecule has 0 aliphatic carbocycles. The third-order valence-electron chi connectivity index (χ3n) is 17.0. The van der Waals surface area contributed by atoms with Crippen molar-refractivity contribution in [2.24, 2.45) is 0 Å². The molecule has 0 bridgehead atoms. The topological polar surface area (TPSA) is 38.7 Å². The van der Waals surface area contributed by atoms with E-state index in [1.54, 1.807) is 12.1 Å². The average molecular weight is 1140 g/mol. The van der Waals surface area contributed by atoms with Crippen LogP contribution in [0.4, 0.5) is 4.39 Å². The molecule has 0 aliphatic heterocycles. The number of rotatable bonds is 12. The van der Waals surface area contributed by atoms with Gasteiger partial charge in [0, 0.05) is 40.8 Å². The monoisotopic (exact) mass is 1140 g/mol. The summed E-state index contributed by atoms with van der Waals surface area (Å²) in [4.78, 5) is 14.8. The van der Waals surface area contributed by atoms with Crippen LogP contribution < -0.4 is 0 Å².